The minimum absolute atomic E-state index is 0.171. The van der Waals surface area contributed by atoms with E-state index < -0.39 is 0 Å². The van der Waals surface area contributed by atoms with Gasteiger partial charge in [-0.1, -0.05) is 17.7 Å². The van der Waals surface area contributed by atoms with Gasteiger partial charge >= 0.3 is 0 Å². The number of halogens is 1. The minimum Gasteiger partial charge on any atom is -0.384 e. The largest absolute Gasteiger partial charge is 0.384 e. The molecule has 1 aliphatic rings. The highest BCUT2D eigenvalue weighted by Gasteiger charge is 2.21. The van der Waals surface area contributed by atoms with Gasteiger partial charge in [-0.05, 0) is 36.4 Å². The maximum absolute atomic E-state index is 12.6. The van der Waals surface area contributed by atoms with E-state index in [0.29, 0.717) is 18.0 Å². The SMILES string of the molecule is O=C(CCNc1ccnc2ccc(Cl)cc12)N1CCN(c2ccccn2)CC1. The molecule has 144 valence electrons. The number of rotatable bonds is 5. The fourth-order valence-electron chi connectivity index (χ4n) is 3.46. The molecule has 3 aromatic rings. The van der Waals surface area contributed by atoms with Gasteiger partial charge in [0.1, 0.15) is 5.82 Å². The summed E-state index contributed by atoms with van der Waals surface area (Å²) in [6, 6.07) is 13.4. The third kappa shape index (κ3) is 4.17. The molecule has 0 atom stereocenters. The molecule has 0 bridgehead atoms. The van der Waals surface area contributed by atoms with Crippen molar-refractivity contribution in [3.63, 3.8) is 0 Å². The van der Waals surface area contributed by atoms with Gasteiger partial charge in [0.2, 0.25) is 5.91 Å². The molecule has 1 saturated heterocycles. The summed E-state index contributed by atoms with van der Waals surface area (Å²) in [5, 5.41) is 4.99. The highest BCUT2D eigenvalue weighted by molar-refractivity contribution is 6.31. The summed E-state index contributed by atoms with van der Waals surface area (Å²) >= 11 is 6.11. The average molecular weight is 396 g/mol. The van der Waals surface area contributed by atoms with E-state index in [0.717, 1.165) is 48.6 Å². The minimum atomic E-state index is 0.171. The number of carbonyl (C=O) groups is 1. The molecule has 0 radical (unpaired) electrons. The fraction of sp³-hybridized carbons (Fsp3) is 0.286. The van der Waals surface area contributed by atoms with Crippen LogP contribution in [0.15, 0.2) is 54.9 Å². The van der Waals surface area contributed by atoms with E-state index in [2.05, 4.69) is 20.2 Å². The third-order valence-corrected chi connectivity index (χ3v) is 5.20. The fourth-order valence-corrected chi connectivity index (χ4v) is 3.63. The number of aromatic nitrogens is 2. The highest BCUT2D eigenvalue weighted by Crippen LogP contribution is 2.24. The van der Waals surface area contributed by atoms with Crippen LogP contribution in [0.2, 0.25) is 5.02 Å². The summed E-state index contributed by atoms with van der Waals surface area (Å²) in [6.07, 6.45) is 4.01. The van der Waals surface area contributed by atoms with Crippen molar-refractivity contribution in [2.24, 2.45) is 0 Å². The van der Waals surface area contributed by atoms with E-state index in [1.54, 1.807) is 12.4 Å². The Kier molecular flexibility index (Phi) is 5.58. The Morgan fingerprint density at radius 1 is 1.04 bits per heavy atom. The van der Waals surface area contributed by atoms with Gasteiger partial charge in [0.25, 0.3) is 0 Å². The molecule has 4 rings (SSSR count). The van der Waals surface area contributed by atoms with Gasteiger partial charge in [0.05, 0.1) is 5.52 Å². The smallest absolute Gasteiger partial charge is 0.224 e. The zero-order chi connectivity index (χ0) is 19.3. The lowest BCUT2D eigenvalue weighted by Crippen LogP contribution is -2.49. The Bertz CT molecular complexity index is 957. The number of carbonyl (C=O) groups excluding carboxylic acids is 1. The molecule has 6 nitrogen and oxygen atoms in total. The highest BCUT2D eigenvalue weighted by atomic mass is 35.5. The van der Waals surface area contributed by atoms with E-state index in [1.165, 1.54) is 0 Å². The lowest BCUT2D eigenvalue weighted by atomic mass is 10.2. The second-order valence-corrected chi connectivity index (χ2v) is 7.19. The lowest BCUT2D eigenvalue weighted by Gasteiger charge is -2.35. The van der Waals surface area contributed by atoms with Gasteiger partial charge < -0.3 is 15.1 Å². The van der Waals surface area contributed by atoms with E-state index in [9.17, 15) is 4.79 Å². The van der Waals surface area contributed by atoms with Gasteiger partial charge in [-0.25, -0.2) is 4.98 Å². The maximum Gasteiger partial charge on any atom is 0.224 e. The van der Waals surface area contributed by atoms with Crippen LogP contribution < -0.4 is 10.2 Å². The van der Waals surface area contributed by atoms with Crippen LogP contribution >= 0.6 is 11.6 Å². The number of nitrogens with one attached hydrogen (secondary N) is 1. The maximum atomic E-state index is 12.6. The Morgan fingerprint density at radius 3 is 2.68 bits per heavy atom. The monoisotopic (exact) mass is 395 g/mol. The number of anilines is 2. The summed E-state index contributed by atoms with van der Waals surface area (Å²) in [5.41, 5.74) is 1.83. The number of hydrogen-bond acceptors (Lipinski definition) is 5. The number of fused-ring (bicyclic) bond motifs is 1. The summed E-state index contributed by atoms with van der Waals surface area (Å²) in [5.74, 6) is 1.14. The first kappa shape index (κ1) is 18.5. The van der Waals surface area contributed by atoms with Crippen LogP contribution in [-0.4, -0.2) is 53.5 Å². The van der Waals surface area contributed by atoms with Crippen molar-refractivity contribution < 1.29 is 4.79 Å². The van der Waals surface area contributed by atoms with Gasteiger partial charge in [-0.2, -0.15) is 0 Å². The average Bonchev–Trinajstić information content (AvgIpc) is 2.74. The molecule has 3 heterocycles. The second-order valence-electron chi connectivity index (χ2n) is 6.75. The number of hydrogen-bond donors (Lipinski definition) is 1. The molecule has 2 aromatic heterocycles. The van der Waals surface area contributed by atoms with Crippen molar-refractivity contribution in [3.8, 4) is 0 Å². The van der Waals surface area contributed by atoms with Crippen molar-refractivity contribution >= 4 is 39.9 Å². The first-order valence-electron chi connectivity index (χ1n) is 9.42. The Balaban J connectivity index is 1.29. The van der Waals surface area contributed by atoms with E-state index in [-0.39, 0.29) is 5.91 Å². The molecule has 0 unspecified atom stereocenters. The Labute approximate surface area is 169 Å². The summed E-state index contributed by atoms with van der Waals surface area (Å²) < 4.78 is 0. The molecule has 0 spiro atoms. The van der Waals surface area contributed by atoms with Crippen molar-refractivity contribution in [2.75, 3.05) is 42.9 Å². The number of pyridine rings is 2. The van der Waals surface area contributed by atoms with E-state index in [1.807, 2.05) is 47.4 Å². The van der Waals surface area contributed by atoms with Crippen molar-refractivity contribution in [3.05, 3.63) is 59.9 Å². The number of piperazine rings is 1. The van der Waals surface area contributed by atoms with Crippen LogP contribution in [0.1, 0.15) is 6.42 Å². The second kappa shape index (κ2) is 8.44. The molecule has 0 aliphatic carbocycles. The van der Waals surface area contributed by atoms with E-state index in [4.69, 9.17) is 11.6 Å². The summed E-state index contributed by atoms with van der Waals surface area (Å²) in [6.45, 7) is 3.64. The van der Waals surface area contributed by atoms with Crippen LogP contribution in [0.5, 0.6) is 0 Å². The first-order valence-corrected chi connectivity index (χ1v) is 9.80. The van der Waals surface area contributed by atoms with Gasteiger partial charge in [0.15, 0.2) is 0 Å². The first-order chi connectivity index (χ1) is 13.7. The molecule has 0 saturated carbocycles. The molecule has 1 N–H and O–H groups in total. The van der Waals surface area contributed by atoms with E-state index >= 15 is 0 Å². The van der Waals surface area contributed by atoms with Crippen LogP contribution in [0.4, 0.5) is 11.5 Å². The van der Waals surface area contributed by atoms with Gasteiger partial charge in [0, 0.05) is 67.6 Å². The van der Waals surface area contributed by atoms with Crippen LogP contribution in [0.25, 0.3) is 10.9 Å². The molecule has 1 aromatic carbocycles. The molecule has 1 amide bonds. The Hall–Kier alpha value is -2.86. The quantitative estimate of drug-likeness (QED) is 0.717. The van der Waals surface area contributed by atoms with Crippen LogP contribution in [0, 0.1) is 0 Å². The predicted octanol–water partition coefficient (Wildman–Crippen LogP) is 3.43. The zero-order valence-corrected chi connectivity index (χ0v) is 16.3. The zero-order valence-electron chi connectivity index (χ0n) is 15.5. The summed E-state index contributed by atoms with van der Waals surface area (Å²) in [7, 11) is 0. The predicted molar refractivity (Wildman–Crippen MR) is 113 cm³/mol. The molecule has 28 heavy (non-hydrogen) atoms. The molecule has 7 heteroatoms. The normalized spacial score (nSPS) is 14.3. The lowest BCUT2D eigenvalue weighted by molar-refractivity contribution is -0.131. The number of amides is 1. The standard InChI is InChI=1S/C21H22ClN5O/c22-16-4-5-18-17(15-16)19(6-9-23-18)24-10-7-21(28)27-13-11-26(12-14-27)20-3-1-2-8-25-20/h1-6,8-9,15H,7,10-14H2,(H,23,24). The molecule has 1 aliphatic heterocycles. The van der Waals surface area contributed by atoms with Gasteiger partial charge in [-0.15, -0.1) is 0 Å². The van der Waals surface area contributed by atoms with Crippen LogP contribution in [-0.2, 0) is 4.79 Å². The van der Waals surface area contributed by atoms with Crippen molar-refractivity contribution in [2.45, 2.75) is 6.42 Å². The third-order valence-electron chi connectivity index (χ3n) is 4.96. The topological polar surface area (TPSA) is 61.4 Å². The Morgan fingerprint density at radius 2 is 1.89 bits per heavy atom. The molecule has 1 fully saturated rings. The van der Waals surface area contributed by atoms with Crippen molar-refractivity contribution in [1.82, 2.24) is 14.9 Å². The van der Waals surface area contributed by atoms with Crippen LogP contribution in [0.3, 0.4) is 0 Å². The van der Waals surface area contributed by atoms with Gasteiger partial charge in [-0.3, -0.25) is 9.78 Å². The van der Waals surface area contributed by atoms with Crippen molar-refractivity contribution in [1.29, 1.82) is 0 Å². The number of benzene rings is 1. The number of nitrogens with zero attached hydrogens (tertiary/aromatic N) is 4. The molecular weight excluding hydrogens is 374 g/mol. The molecular formula is C21H22ClN5O. The summed E-state index contributed by atoms with van der Waals surface area (Å²) in [4.78, 5) is 25.5.